The SMILES string of the molecule is COC(=O)CCNc1c(Cl)cccc1Cl. The number of carbonyl (C=O) groups excluding carboxylic acids is 1. The average molecular weight is 248 g/mol. The van der Waals surface area contributed by atoms with Crippen LogP contribution in [-0.4, -0.2) is 19.6 Å². The fraction of sp³-hybridized carbons (Fsp3) is 0.300. The van der Waals surface area contributed by atoms with Gasteiger partial charge in [-0.25, -0.2) is 0 Å². The van der Waals surface area contributed by atoms with Crippen molar-refractivity contribution in [1.29, 1.82) is 0 Å². The van der Waals surface area contributed by atoms with Crippen LogP contribution in [0.1, 0.15) is 6.42 Å². The van der Waals surface area contributed by atoms with E-state index in [1.807, 2.05) is 0 Å². The van der Waals surface area contributed by atoms with E-state index in [2.05, 4.69) is 10.1 Å². The molecule has 0 unspecified atom stereocenters. The summed E-state index contributed by atoms with van der Waals surface area (Å²) in [4.78, 5) is 10.8. The molecule has 0 radical (unpaired) electrons. The molecule has 0 aliphatic carbocycles. The van der Waals surface area contributed by atoms with Crippen molar-refractivity contribution in [2.45, 2.75) is 6.42 Å². The van der Waals surface area contributed by atoms with Gasteiger partial charge in [0.05, 0.1) is 29.3 Å². The smallest absolute Gasteiger partial charge is 0.307 e. The van der Waals surface area contributed by atoms with E-state index in [0.29, 0.717) is 22.3 Å². The quantitative estimate of drug-likeness (QED) is 0.832. The van der Waals surface area contributed by atoms with E-state index in [9.17, 15) is 4.79 Å². The highest BCUT2D eigenvalue weighted by Crippen LogP contribution is 2.29. The highest BCUT2D eigenvalue weighted by atomic mass is 35.5. The normalized spacial score (nSPS) is 9.80. The third kappa shape index (κ3) is 3.61. The molecule has 15 heavy (non-hydrogen) atoms. The molecule has 0 saturated carbocycles. The van der Waals surface area contributed by atoms with E-state index in [1.54, 1.807) is 18.2 Å². The molecule has 5 heteroatoms. The summed E-state index contributed by atoms with van der Waals surface area (Å²) in [6, 6.07) is 5.22. The second-order valence-electron chi connectivity index (χ2n) is 2.85. The first kappa shape index (κ1) is 12.1. The molecule has 1 aromatic carbocycles. The zero-order chi connectivity index (χ0) is 11.3. The lowest BCUT2D eigenvalue weighted by Crippen LogP contribution is -2.10. The second-order valence-corrected chi connectivity index (χ2v) is 3.66. The molecule has 0 aliphatic heterocycles. The Kier molecular flexibility index (Phi) is 4.72. The predicted octanol–water partition coefficient (Wildman–Crippen LogP) is 2.97. The van der Waals surface area contributed by atoms with Crippen LogP contribution in [0.4, 0.5) is 5.69 Å². The van der Waals surface area contributed by atoms with Crippen LogP contribution in [0.3, 0.4) is 0 Å². The molecule has 0 amide bonds. The minimum absolute atomic E-state index is 0.273. The molecule has 0 bridgehead atoms. The molecule has 0 aliphatic rings. The van der Waals surface area contributed by atoms with Gasteiger partial charge in [-0.05, 0) is 12.1 Å². The third-order valence-corrected chi connectivity index (χ3v) is 2.45. The summed E-state index contributed by atoms with van der Waals surface area (Å²) in [5.41, 5.74) is 0.643. The number of esters is 1. The monoisotopic (exact) mass is 247 g/mol. The first-order valence-electron chi connectivity index (χ1n) is 4.40. The molecular weight excluding hydrogens is 237 g/mol. The molecule has 0 aromatic heterocycles. The summed E-state index contributed by atoms with van der Waals surface area (Å²) in [6.07, 6.45) is 0.276. The van der Waals surface area contributed by atoms with Crippen molar-refractivity contribution in [3.05, 3.63) is 28.2 Å². The van der Waals surface area contributed by atoms with E-state index in [4.69, 9.17) is 23.2 Å². The maximum atomic E-state index is 10.8. The Morgan fingerprint density at radius 2 is 2.00 bits per heavy atom. The lowest BCUT2D eigenvalue weighted by molar-refractivity contribution is -0.140. The van der Waals surface area contributed by atoms with Crippen molar-refractivity contribution >= 4 is 34.9 Å². The fourth-order valence-electron chi connectivity index (χ4n) is 1.06. The van der Waals surface area contributed by atoms with Gasteiger partial charge in [0.25, 0.3) is 0 Å². The van der Waals surface area contributed by atoms with Crippen LogP contribution >= 0.6 is 23.2 Å². The number of hydrogen-bond donors (Lipinski definition) is 1. The van der Waals surface area contributed by atoms with Gasteiger partial charge in [-0.3, -0.25) is 4.79 Å². The van der Waals surface area contributed by atoms with Gasteiger partial charge in [0.2, 0.25) is 0 Å². The molecule has 0 atom stereocenters. The number of benzene rings is 1. The van der Waals surface area contributed by atoms with Crippen LogP contribution in [0.25, 0.3) is 0 Å². The largest absolute Gasteiger partial charge is 0.469 e. The van der Waals surface area contributed by atoms with E-state index >= 15 is 0 Å². The number of ether oxygens (including phenoxy) is 1. The summed E-state index contributed by atoms with van der Waals surface area (Å²) in [7, 11) is 1.35. The van der Waals surface area contributed by atoms with Gasteiger partial charge in [-0.1, -0.05) is 29.3 Å². The van der Waals surface area contributed by atoms with Crippen molar-refractivity contribution in [2.24, 2.45) is 0 Å². The maximum absolute atomic E-state index is 10.8. The number of halogens is 2. The Morgan fingerprint density at radius 1 is 1.40 bits per heavy atom. The van der Waals surface area contributed by atoms with Crippen LogP contribution in [0, 0.1) is 0 Å². The number of methoxy groups -OCH3 is 1. The van der Waals surface area contributed by atoms with Crippen LogP contribution in [0.2, 0.25) is 10.0 Å². The Balaban J connectivity index is 2.54. The molecule has 82 valence electrons. The second kappa shape index (κ2) is 5.83. The van der Waals surface area contributed by atoms with E-state index in [-0.39, 0.29) is 12.4 Å². The standard InChI is InChI=1S/C10H11Cl2NO2/c1-15-9(14)5-6-13-10-7(11)3-2-4-8(10)12/h2-4,13H,5-6H2,1H3. The number of nitrogens with one attached hydrogen (secondary N) is 1. The molecular formula is C10H11Cl2NO2. The summed E-state index contributed by atoms with van der Waals surface area (Å²) < 4.78 is 4.50. The summed E-state index contributed by atoms with van der Waals surface area (Å²) in [6.45, 7) is 0.441. The molecule has 1 rings (SSSR count). The zero-order valence-corrected chi connectivity index (χ0v) is 9.73. The van der Waals surface area contributed by atoms with Gasteiger partial charge in [-0.2, -0.15) is 0 Å². The van der Waals surface area contributed by atoms with Crippen LogP contribution < -0.4 is 5.32 Å². The van der Waals surface area contributed by atoms with E-state index in [0.717, 1.165) is 0 Å². The van der Waals surface area contributed by atoms with E-state index < -0.39 is 0 Å². The number of rotatable bonds is 4. The lowest BCUT2D eigenvalue weighted by Gasteiger charge is -2.09. The minimum Gasteiger partial charge on any atom is -0.469 e. The molecule has 0 fully saturated rings. The van der Waals surface area contributed by atoms with Gasteiger partial charge in [0.15, 0.2) is 0 Å². The molecule has 0 saturated heterocycles. The average Bonchev–Trinajstić information content (AvgIpc) is 2.22. The van der Waals surface area contributed by atoms with Crippen molar-refractivity contribution < 1.29 is 9.53 Å². The number of para-hydroxylation sites is 1. The molecule has 1 N–H and O–H groups in total. The van der Waals surface area contributed by atoms with Crippen LogP contribution in [0.5, 0.6) is 0 Å². The Labute approximate surface area is 98.3 Å². The number of hydrogen-bond acceptors (Lipinski definition) is 3. The number of anilines is 1. The van der Waals surface area contributed by atoms with Gasteiger partial charge in [0.1, 0.15) is 0 Å². The van der Waals surface area contributed by atoms with Gasteiger partial charge in [-0.15, -0.1) is 0 Å². The lowest BCUT2D eigenvalue weighted by atomic mass is 10.3. The predicted molar refractivity (Wildman–Crippen MR) is 61.6 cm³/mol. The minimum atomic E-state index is -0.273. The Morgan fingerprint density at radius 3 is 2.53 bits per heavy atom. The zero-order valence-electron chi connectivity index (χ0n) is 8.22. The van der Waals surface area contributed by atoms with Crippen molar-refractivity contribution in [3.8, 4) is 0 Å². The Hall–Kier alpha value is -0.930. The van der Waals surface area contributed by atoms with Crippen molar-refractivity contribution in [2.75, 3.05) is 19.0 Å². The first-order valence-corrected chi connectivity index (χ1v) is 5.15. The molecule has 0 heterocycles. The molecule has 0 spiro atoms. The van der Waals surface area contributed by atoms with Gasteiger partial charge in [0, 0.05) is 6.54 Å². The maximum Gasteiger partial charge on any atom is 0.307 e. The van der Waals surface area contributed by atoms with Crippen molar-refractivity contribution in [3.63, 3.8) is 0 Å². The fourth-order valence-corrected chi connectivity index (χ4v) is 1.59. The number of carbonyl (C=O) groups is 1. The topological polar surface area (TPSA) is 38.3 Å². The molecule has 1 aromatic rings. The summed E-state index contributed by atoms with van der Waals surface area (Å²) >= 11 is 11.8. The van der Waals surface area contributed by atoms with Crippen LogP contribution in [-0.2, 0) is 9.53 Å². The molecule has 3 nitrogen and oxygen atoms in total. The highest BCUT2D eigenvalue weighted by molar-refractivity contribution is 6.39. The first-order chi connectivity index (χ1) is 7.15. The van der Waals surface area contributed by atoms with Crippen LogP contribution in [0.15, 0.2) is 18.2 Å². The van der Waals surface area contributed by atoms with Gasteiger partial charge < -0.3 is 10.1 Å². The third-order valence-electron chi connectivity index (χ3n) is 1.82. The summed E-state index contributed by atoms with van der Waals surface area (Å²) in [5.74, 6) is -0.273. The Bertz CT molecular complexity index is 335. The van der Waals surface area contributed by atoms with Crippen molar-refractivity contribution in [1.82, 2.24) is 0 Å². The van der Waals surface area contributed by atoms with Gasteiger partial charge >= 0.3 is 5.97 Å². The highest BCUT2D eigenvalue weighted by Gasteiger charge is 2.05. The summed E-state index contributed by atoms with van der Waals surface area (Å²) in [5, 5.41) is 4.05. The van der Waals surface area contributed by atoms with E-state index in [1.165, 1.54) is 7.11 Å².